The number of nitrogens with one attached hydrogen (secondary N) is 1. The van der Waals surface area contributed by atoms with E-state index < -0.39 is 46.1 Å². The van der Waals surface area contributed by atoms with E-state index in [1.807, 2.05) is 18.2 Å². The standard InChI is InChI=1S/C21H26Cl2N6O8P2/c22-14-4-2-1-3-13(14)8-24-19-18-20(26-21(23)25-19)29(28-27-18)17-7-15(30)16(37-17)10-36-39(34,11-38(31,32)33)35-9-12-5-6-12/h1-4,12,15-17,30H,5-11H2,(H,24,25,26)(H2,31,32,33)/t15-,16+,17+,39?/m0/s1. The molecule has 212 valence electrons. The molecule has 0 radical (unpaired) electrons. The molecule has 0 amide bonds. The second kappa shape index (κ2) is 11.7. The third-order valence-electron chi connectivity index (χ3n) is 6.17. The first-order valence-corrected chi connectivity index (χ1v) is 16.3. The van der Waals surface area contributed by atoms with Crippen LogP contribution in [0.4, 0.5) is 5.82 Å². The highest BCUT2D eigenvalue weighted by Gasteiger charge is 2.41. The van der Waals surface area contributed by atoms with Gasteiger partial charge in [-0.2, -0.15) is 14.6 Å². The predicted molar refractivity (Wildman–Crippen MR) is 141 cm³/mol. The van der Waals surface area contributed by atoms with Gasteiger partial charge in [-0.3, -0.25) is 9.13 Å². The topological polar surface area (TPSA) is 191 Å². The number of hydrogen-bond donors (Lipinski definition) is 4. The number of aliphatic hydroxyl groups is 1. The Hall–Kier alpha value is -1.70. The molecule has 1 saturated carbocycles. The molecule has 4 atom stereocenters. The molecule has 1 aliphatic heterocycles. The van der Waals surface area contributed by atoms with E-state index in [9.17, 15) is 24.0 Å². The first-order chi connectivity index (χ1) is 18.5. The Morgan fingerprint density at radius 2 is 1.87 bits per heavy atom. The fourth-order valence-corrected chi connectivity index (χ4v) is 7.70. The Morgan fingerprint density at radius 1 is 1.13 bits per heavy atom. The highest BCUT2D eigenvalue weighted by atomic mass is 35.5. The maximum absolute atomic E-state index is 13.0. The van der Waals surface area contributed by atoms with E-state index in [0.29, 0.717) is 22.9 Å². The molecule has 1 saturated heterocycles. The molecule has 3 heterocycles. The zero-order chi connectivity index (χ0) is 27.8. The number of fused-ring (bicyclic) bond motifs is 1. The normalized spacial score (nSPS) is 23.3. The van der Waals surface area contributed by atoms with E-state index in [0.717, 1.165) is 18.4 Å². The quantitative estimate of drug-likeness (QED) is 0.169. The number of aromatic nitrogens is 5. The van der Waals surface area contributed by atoms with Crippen LogP contribution in [0.3, 0.4) is 0 Å². The van der Waals surface area contributed by atoms with Crippen LogP contribution < -0.4 is 5.32 Å². The summed E-state index contributed by atoms with van der Waals surface area (Å²) in [4.78, 5) is 27.1. The van der Waals surface area contributed by atoms with Crippen LogP contribution in [0.5, 0.6) is 0 Å². The molecule has 2 aromatic heterocycles. The van der Waals surface area contributed by atoms with Crippen LogP contribution in [-0.2, 0) is 29.5 Å². The van der Waals surface area contributed by atoms with E-state index >= 15 is 0 Å². The Labute approximate surface area is 232 Å². The number of nitrogens with zero attached hydrogens (tertiary/aromatic N) is 5. The molecule has 1 aliphatic carbocycles. The average Bonchev–Trinajstić information content (AvgIpc) is 3.49. The number of halogens is 2. The summed E-state index contributed by atoms with van der Waals surface area (Å²) in [7, 11) is -8.85. The van der Waals surface area contributed by atoms with Crippen molar-refractivity contribution in [3.8, 4) is 0 Å². The van der Waals surface area contributed by atoms with Gasteiger partial charge in [0.2, 0.25) is 5.28 Å². The number of anilines is 1. The van der Waals surface area contributed by atoms with Crippen LogP contribution in [0, 0.1) is 5.92 Å². The van der Waals surface area contributed by atoms with Crippen molar-refractivity contribution in [3.05, 3.63) is 40.1 Å². The van der Waals surface area contributed by atoms with Crippen molar-refractivity contribution in [3.63, 3.8) is 0 Å². The van der Waals surface area contributed by atoms with Crippen LogP contribution in [0.25, 0.3) is 11.2 Å². The lowest BCUT2D eigenvalue weighted by atomic mass is 10.2. The van der Waals surface area contributed by atoms with Gasteiger partial charge in [0.15, 0.2) is 29.1 Å². The third-order valence-corrected chi connectivity index (χ3v) is 10.7. The van der Waals surface area contributed by atoms with Crippen molar-refractivity contribution >= 4 is 55.4 Å². The lowest BCUT2D eigenvalue weighted by Gasteiger charge is -2.22. The maximum atomic E-state index is 13.0. The summed E-state index contributed by atoms with van der Waals surface area (Å²) in [5.74, 6) is -0.554. The molecule has 1 unspecified atom stereocenters. The van der Waals surface area contributed by atoms with Gasteiger partial charge < -0.3 is 34.0 Å². The monoisotopic (exact) mass is 622 g/mol. The largest absolute Gasteiger partial charge is 0.390 e. The van der Waals surface area contributed by atoms with Crippen molar-refractivity contribution < 1.29 is 37.8 Å². The summed E-state index contributed by atoms with van der Waals surface area (Å²) in [5, 5.41) is 22.5. The second-order valence-electron chi connectivity index (χ2n) is 9.38. The third kappa shape index (κ3) is 7.34. The second-order valence-corrected chi connectivity index (χ2v) is 14.3. The summed E-state index contributed by atoms with van der Waals surface area (Å²) >= 11 is 12.4. The minimum Gasteiger partial charge on any atom is -0.390 e. The molecule has 5 rings (SSSR count). The molecule has 14 nitrogen and oxygen atoms in total. The highest BCUT2D eigenvalue weighted by molar-refractivity contribution is 7.70. The van der Waals surface area contributed by atoms with E-state index in [1.54, 1.807) is 6.07 Å². The summed E-state index contributed by atoms with van der Waals surface area (Å²) in [6.07, 6.45) is -1.07. The smallest absolute Gasteiger partial charge is 0.342 e. The highest BCUT2D eigenvalue weighted by Crippen LogP contribution is 2.60. The molecule has 0 bridgehead atoms. The Morgan fingerprint density at radius 3 is 2.59 bits per heavy atom. The number of ether oxygens (including phenoxy) is 1. The molecule has 3 aromatic rings. The van der Waals surface area contributed by atoms with E-state index in [2.05, 4.69) is 25.6 Å². The van der Waals surface area contributed by atoms with Crippen molar-refractivity contribution in [2.45, 2.75) is 44.2 Å². The zero-order valence-electron chi connectivity index (χ0n) is 20.3. The van der Waals surface area contributed by atoms with Crippen molar-refractivity contribution in [2.75, 3.05) is 24.4 Å². The lowest BCUT2D eigenvalue weighted by Crippen LogP contribution is -2.26. The maximum Gasteiger partial charge on any atom is 0.342 e. The van der Waals surface area contributed by atoms with E-state index in [-0.39, 0.29) is 29.9 Å². The molecule has 39 heavy (non-hydrogen) atoms. The molecule has 18 heteroatoms. The SMILES string of the molecule is O=P(O)(O)CP(=O)(OCC1CC1)OC[C@H]1O[C@@H](n2nnc3c(NCc4ccccc4Cl)nc(Cl)nc32)C[C@@H]1O. The molecular formula is C21H26Cl2N6O8P2. The molecule has 2 fully saturated rings. The number of hydrogen-bond acceptors (Lipinski definition) is 11. The van der Waals surface area contributed by atoms with Crippen LogP contribution >= 0.6 is 38.4 Å². The van der Waals surface area contributed by atoms with Gasteiger partial charge in [0.25, 0.3) is 0 Å². The Bertz CT molecular complexity index is 1440. The number of rotatable bonds is 12. The first kappa shape index (κ1) is 28.8. The van der Waals surface area contributed by atoms with Gasteiger partial charge in [0.1, 0.15) is 6.10 Å². The number of aliphatic hydroxyl groups excluding tert-OH is 1. The Kier molecular flexibility index (Phi) is 8.61. The molecule has 4 N–H and O–H groups in total. The van der Waals surface area contributed by atoms with Gasteiger partial charge in [-0.15, -0.1) is 5.10 Å². The van der Waals surface area contributed by atoms with Crippen LogP contribution in [-0.4, -0.2) is 71.2 Å². The molecule has 0 spiro atoms. The Balaban J connectivity index is 1.28. The van der Waals surface area contributed by atoms with E-state index in [4.69, 9.17) is 37.0 Å². The zero-order valence-corrected chi connectivity index (χ0v) is 23.6. The van der Waals surface area contributed by atoms with Crippen molar-refractivity contribution in [2.24, 2.45) is 5.92 Å². The van der Waals surface area contributed by atoms with Gasteiger partial charge in [-0.25, -0.2) is 0 Å². The fourth-order valence-electron chi connectivity index (χ4n) is 3.99. The summed E-state index contributed by atoms with van der Waals surface area (Å²) in [5.41, 5.74) is 1.39. The summed E-state index contributed by atoms with van der Waals surface area (Å²) in [6.45, 7) is -0.0105. The van der Waals surface area contributed by atoms with Crippen LogP contribution in [0.1, 0.15) is 31.1 Å². The average molecular weight is 623 g/mol. The molecule has 2 aliphatic rings. The summed E-state index contributed by atoms with van der Waals surface area (Å²) in [6, 6.07) is 7.31. The van der Waals surface area contributed by atoms with Gasteiger partial charge in [0, 0.05) is 18.0 Å². The van der Waals surface area contributed by atoms with Crippen molar-refractivity contribution in [1.82, 2.24) is 25.0 Å². The summed E-state index contributed by atoms with van der Waals surface area (Å²) < 4.78 is 42.4. The van der Waals surface area contributed by atoms with E-state index in [1.165, 1.54) is 4.68 Å². The van der Waals surface area contributed by atoms with Crippen LogP contribution in [0.15, 0.2) is 24.3 Å². The van der Waals surface area contributed by atoms with Crippen LogP contribution in [0.2, 0.25) is 10.3 Å². The first-order valence-electron chi connectivity index (χ1n) is 12.0. The minimum atomic E-state index is -4.70. The minimum absolute atomic E-state index is 0.0578. The fraction of sp³-hybridized carbons (Fsp3) is 0.524. The molecular weight excluding hydrogens is 597 g/mol. The van der Waals surface area contributed by atoms with Gasteiger partial charge >= 0.3 is 15.2 Å². The van der Waals surface area contributed by atoms with Gasteiger partial charge in [-0.05, 0) is 42.0 Å². The predicted octanol–water partition coefficient (Wildman–Crippen LogP) is 3.56. The lowest BCUT2D eigenvalue weighted by molar-refractivity contribution is -0.0449. The van der Waals surface area contributed by atoms with Gasteiger partial charge in [0.05, 0.1) is 19.3 Å². The van der Waals surface area contributed by atoms with Crippen molar-refractivity contribution in [1.29, 1.82) is 0 Å². The number of benzene rings is 1. The van der Waals surface area contributed by atoms with Gasteiger partial charge in [-0.1, -0.05) is 35.0 Å². The molecule has 1 aromatic carbocycles.